The molecule has 174 valence electrons. The summed E-state index contributed by atoms with van der Waals surface area (Å²) in [6.07, 6.45) is 2.25. The van der Waals surface area contributed by atoms with Gasteiger partial charge < -0.3 is 0 Å². The van der Waals surface area contributed by atoms with Crippen molar-refractivity contribution >= 4 is 10.8 Å². The fraction of sp³-hybridized carbons (Fsp3) is 0.206. The van der Waals surface area contributed by atoms with Gasteiger partial charge in [-0.2, -0.15) is 0 Å². The fourth-order valence-corrected chi connectivity index (χ4v) is 5.13. The van der Waals surface area contributed by atoms with Crippen molar-refractivity contribution in [2.75, 3.05) is 0 Å². The van der Waals surface area contributed by atoms with Gasteiger partial charge in [0.1, 0.15) is 7.05 Å². The lowest BCUT2D eigenvalue weighted by Crippen LogP contribution is -2.32. The van der Waals surface area contributed by atoms with E-state index in [1.165, 1.54) is 61.0 Å². The Kier molecular flexibility index (Phi) is 5.81. The SMILES string of the molecule is Cc1c(-c2cc(-c3ccc(-c4ccccc4)cc3)c[n+](C)c2C)cc(C(C)(C)C)c2ccccc12. The summed E-state index contributed by atoms with van der Waals surface area (Å²) in [5.41, 5.74) is 11.6. The topological polar surface area (TPSA) is 3.88 Å². The first-order chi connectivity index (χ1) is 16.7. The molecule has 0 saturated heterocycles. The summed E-state index contributed by atoms with van der Waals surface area (Å²) in [5.74, 6) is 0. The van der Waals surface area contributed by atoms with Gasteiger partial charge in [0.05, 0.1) is 0 Å². The lowest BCUT2D eigenvalue weighted by atomic mass is 9.80. The van der Waals surface area contributed by atoms with Crippen molar-refractivity contribution in [3.05, 3.63) is 114 Å². The van der Waals surface area contributed by atoms with Gasteiger partial charge in [-0.05, 0) is 68.6 Å². The Morgan fingerprint density at radius 1 is 0.571 bits per heavy atom. The number of hydrogen-bond donors (Lipinski definition) is 0. The zero-order valence-corrected chi connectivity index (χ0v) is 21.7. The van der Waals surface area contributed by atoms with Gasteiger partial charge in [-0.25, -0.2) is 4.57 Å². The fourth-order valence-electron chi connectivity index (χ4n) is 5.13. The largest absolute Gasteiger partial charge is 0.204 e. The first-order valence-corrected chi connectivity index (χ1v) is 12.4. The summed E-state index contributed by atoms with van der Waals surface area (Å²) in [5, 5.41) is 2.70. The van der Waals surface area contributed by atoms with Crippen LogP contribution in [0.2, 0.25) is 0 Å². The molecule has 1 nitrogen and oxygen atoms in total. The van der Waals surface area contributed by atoms with Crippen LogP contribution in [0.15, 0.2) is 97.2 Å². The van der Waals surface area contributed by atoms with Gasteiger partial charge in [-0.1, -0.05) is 99.6 Å². The summed E-state index contributed by atoms with van der Waals surface area (Å²) in [6.45, 7) is 11.4. The van der Waals surface area contributed by atoms with Crippen molar-refractivity contribution in [1.82, 2.24) is 0 Å². The van der Waals surface area contributed by atoms with Crippen LogP contribution in [0.3, 0.4) is 0 Å². The number of aromatic nitrogens is 1. The Balaban J connectivity index is 1.67. The molecule has 0 bridgehead atoms. The molecule has 1 heteroatoms. The molecule has 5 aromatic rings. The van der Waals surface area contributed by atoms with Crippen LogP contribution in [-0.4, -0.2) is 0 Å². The summed E-state index contributed by atoms with van der Waals surface area (Å²) < 4.78 is 2.27. The van der Waals surface area contributed by atoms with Crippen LogP contribution < -0.4 is 4.57 Å². The van der Waals surface area contributed by atoms with Crippen LogP contribution in [0.1, 0.15) is 37.6 Å². The van der Waals surface area contributed by atoms with E-state index in [4.69, 9.17) is 0 Å². The van der Waals surface area contributed by atoms with Crippen molar-refractivity contribution in [3.63, 3.8) is 0 Å². The van der Waals surface area contributed by atoms with Crippen molar-refractivity contribution in [1.29, 1.82) is 0 Å². The molecule has 4 aromatic carbocycles. The van der Waals surface area contributed by atoms with E-state index in [0.29, 0.717) is 0 Å². The van der Waals surface area contributed by atoms with Gasteiger partial charge in [0.2, 0.25) is 0 Å². The van der Waals surface area contributed by atoms with E-state index in [1.54, 1.807) is 0 Å². The standard InChI is InChI=1S/C34H34N/c1-23-29-14-10-11-15-30(29)33(34(3,4)5)21-31(23)32-20-28(22-35(6)24(32)2)27-18-16-26(17-19-27)25-12-8-7-9-13-25/h7-22H,1-6H3/q+1. The molecule has 0 aliphatic heterocycles. The Morgan fingerprint density at radius 2 is 1.11 bits per heavy atom. The normalized spacial score (nSPS) is 11.7. The smallest absolute Gasteiger partial charge is 0.185 e. The van der Waals surface area contributed by atoms with Crippen LogP contribution in [0, 0.1) is 13.8 Å². The second-order valence-electron chi connectivity index (χ2n) is 10.7. The Bertz CT molecular complexity index is 1520. The number of benzene rings is 4. The van der Waals surface area contributed by atoms with E-state index in [1.807, 2.05) is 0 Å². The lowest BCUT2D eigenvalue weighted by molar-refractivity contribution is -0.676. The maximum Gasteiger partial charge on any atom is 0.185 e. The van der Waals surface area contributed by atoms with Crippen molar-refractivity contribution in [3.8, 4) is 33.4 Å². The molecule has 35 heavy (non-hydrogen) atoms. The summed E-state index contributed by atoms with van der Waals surface area (Å²) in [4.78, 5) is 0. The van der Waals surface area contributed by atoms with E-state index in [2.05, 4.69) is 143 Å². The van der Waals surface area contributed by atoms with E-state index in [-0.39, 0.29) is 5.41 Å². The highest BCUT2D eigenvalue weighted by atomic mass is 14.9. The number of fused-ring (bicyclic) bond motifs is 1. The minimum absolute atomic E-state index is 0.0586. The molecule has 0 aliphatic rings. The van der Waals surface area contributed by atoms with E-state index >= 15 is 0 Å². The van der Waals surface area contributed by atoms with Crippen LogP contribution in [0.25, 0.3) is 44.2 Å². The average Bonchev–Trinajstić information content (AvgIpc) is 2.86. The molecule has 1 aromatic heterocycles. The van der Waals surface area contributed by atoms with Crippen LogP contribution in [0.4, 0.5) is 0 Å². The molecular weight excluding hydrogens is 422 g/mol. The number of nitrogens with zero attached hydrogens (tertiary/aromatic N) is 1. The lowest BCUT2D eigenvalue weighted by Gasteiger charge is -2.24. The zero-order valence-electron chi connectivity index (χ0n) is 21.7. The van der Waals surface area contributed by atoms with Gasteiger partial charge in [0.15, 0.2) is 11.9 Å². The second kappa shape index (κ2) is 8.82. The molecule has 0 N–H and O–H groups in total. The minimum atomic E-state index is 0.0586. The third kappa shape index (κ3) is 4.28. The number of aryl methyl sites for hydroxylation is 2. The third-order valence-electron chi connectivity index (χ3n) is 7.29. The van der Waals surface area contributed by atoms with Gasteiger partial charge in [-0.3, -0.25) is 0 Å². The Morgan fingerprint density at radius 3 is 1.74 bits per heavy atom. The molecule has 0 aliphatic carbocycles. The Hall–Kier alpha value is -3.71. The quantitative estimate of drug-likeness (QED) is 0.239. The summed E-state index contributed by atoms with van der Waals surface area (Å²) >= 11 is 0. The van der Waals surface area contributed by atoms with Crippen molar-refractivity contribution < 1.29 is 4.57 Å². The maximum atomic E-state index is 2.43. The predicted octanol–water partition coefficient (Wildman–Crippen LogP) is 8.58. The molecule has 0 radical (unpaired) electrons. The van der Waals surface area contributed by atoms with E-state index in [9.17, 15) is 0 Å². The number of pyridine rings is 1. The van der Waals surface area contributed by atoms with Crippen LogP contribution >= 0.6 is 0 Å². The molecule has 5 rings (SSSR count). The third-order valence-corrected chi connectivity index (χ3v) is 7.29. The van der Waals surface area contributed by atoms with Crippen molar-refractivity contribution in [2.45, 2.75) is 40.0 Å². The predicted molar refractivity (Wildman–Crippen MR) is 150 cm³/mol. The monoisotopic (exact) mass is 456 g/mol. The molecule has 0 fully saturated rings. The Labute approximate surface area is 209 Å². The first kappa shape index (κ1) is 23.1. The maximum absolute atomic E-state index is 2.43. The molecule has 0 spiro atoms. The van der Waals surface area contributed by atoms with Crippen molar-refractivity contribution in [2.24, 2.45) is 7.05 Å². The molecule has 0 atom stereocenters. The van der Waals surface area contributed by atoms with Crippen LogP contribution in [0.5, 0.6) is 0 Å². The average molecular weight is 457 g/mol. The van der Waals surface area contributed by atoms with E-state index in [0.717, 1.165) is 0 Å². The molecule has 0 saturated carbocycles. The summed E-state index contributed by atoms with van der Waals surface area (Å²) in [7, 11) is 2.15. The van der Waals surface area contributed by atoms with Crippen LogP contribution in [-0.2, 0) is 12.5 Å². The second-order valence-corrected chi connectivity index (χ2v) is 10.7. The highest BCUT2D eigenvalue weighted by Crippen LogP contribution is 2.39. The van der Waals surface area contributed by atoms with E-state index < -0.39 is 0 Å². The molecule has 1 heterocycles. The highest BCUT2D eigenvalue weighted by Gasteiger charge is 2.23. The van der Waals surface area contributed by atoms with Gasteiger partial charge in [0.25, 0.3) is 0 Å². The number of hydrogen-bond acceptors (Lipinski definition) is 0. The summed E-state index contributed by atoms with van der Waals surface area (Å²) in [6, 6.07) is 33.1. The van der Waals surface area contributed by atoms with Gasteiger partial charge >= 0.3 is 0 Å². The zero-order chi connectivity index (χ0) is 24.7. The molecular formula is C34H34N+. The minimum Gasteiger partial charge on any atom is -0.204 e. The first-order valence-electron chi connectivity index (χ1n) is 12.4. The van der Waals surface area contributed by atoms with Gasteiger partial charge in [-0.15, -0.1) is 0 Å². The molecule has 0 amide bonds. The van der Waals surface area contributed by atoms with Gasteiger partial charge in [0, 0.05) is 18.1 Å². The highest BCUT2D eigenvalue weighted by molar-refractivity contribution is 5.95. The molecule has 0 unspecified atom stereocenters. The number of rotatable bonds is 3.